The highest BCUT2D eigenvalue weighted by molar-refractivity contribution is 5.11. The Bertz CT molecular complexity index is 183. The SMILES string of the molecule is CC(O)C1(CO)[C@H](O)[C@H](O)[C@@H]1CO. The molecule has 1 aliphatic rings. The largest absolute Gasteiger partial charge is 0.396 e. The Balaban J connectivity index is 2.86. The number of aliphatic hydroxyl groups excluding tert-OH is 5. The molecule has 1 fully saturated rings. The standard InChI is InChI=1S/C8H16O5/c1-4(11)8(3-10)5(2-9)6(12)7(8)13/h4-7,9-13H,2-3H2,1H3/t4?,5-,6+,7+,8?/m0/s1. The lowest BCUT2D eigenvalue weighted by Gasteiger charge is -2.57. The molecule has 0 heterocycles. The smallest absolute Gasteiger partial charge is 0.0910 e. The number of rotatable bonds is 3. The summed E-state index contributed by atoms with van der Waals surface area (Å²) in [5.41, 5.74) is -1.17. The summed E-state index contributed by atoms with van der Waals surface area (Å²) in [6, 6.07) is 0. The van der Waals surface area contributed by atoms with Crippen molar-refractivity contribution in [1.29, 1.82) is 0 Å². The molecule has 0 aromatic rings. The Morgan fingerprint density at radius 3 is 2.08 bits per heavy atom. The van der Waals surface area contributed by atoms with Gasteiger partial charge in [0.05, 0.1) is 30.3 Å². The molecule has 0 aromatic carbocycles. The maximum absolute atomic E-state index is 9.42. The predicted octanol–water partition coefficient (Wildman–Crippen LogP) is -2.31. The van der Waals surface area contributed by atoms with E-state index in [4.69, 9.17) is 10.2 Å². The highest BCUT2D eigenvalue weighted by Crippen LogP contribution is 2.48. The van der Waals surface area contributed by atoms with E-state index in [1.807, 2.05) is 0 Å². The van der Waals surface area contributed by atoms with Crippen molar-refractivity contribution in [3.63, 3.8) is 0 Å². The molecule has 0 saturated heterocycles. The Morgan fingerprint density at radius 1 is 1.31 bits per heavy atom. The monoisotopic (exact) mass is 192 g/mol. The molecule has 0 bridgehead atoms. The minimum atomic E-state index is -1.17. The van der Waals surface area contributed by atoms with E-state index >= 15 is 0 Å². The van der Waals surface area contributed by atoms with Gasteiger partial charge < -0.3 is 25.5 Å². The summed E-state index contributed by atoms with van der Waals surface area (Å²) < 4.78 is 0. The highest BCUT2D eigenvalue weighted by Gasteiger charge is 2.63. The molecule has 5 heteroatoms. The number of hydrogen-bond acceptors (Lipinski definition) is 5. The lowest BCUT2D eigenvalue weighted by molar-refractivity contribution is -0.273. The average Bonchev–Trinajstić information content (AvgIpc) is 2.11. The van der Waals surface area contributed by atoms with E-state index in [0.29, 0.717) is 0 Å². The van der Waals surface area contributed by atoms with Crippen molar-refractivity contribution in [3.8, 4) is 0 Å². The third-order valence-electron chi connectivity index (χ3n) is 3.23. The molecule has 0 radical (unpaired) electrons. The first-order chi connectivity index (χ1) is 6.02. The van der Waals surface area contributed by atoms with Crippen molar-refractivity contribution in [2.45, 2.75) is 25.2 Å². The summed E-state index contributed by atoms with van der Waals surface area (Å²) >= 11 is 0. The summed E-state index contributed by atoms with van der Waals surface area (Å²) in [6.07, 6.45) is -3.20. The third-order valence-corrected chi connectivity index (χ3v) is 3.23. The van der Waals surface area contributed by atoms with Crippen LogP contribution in [0, 0.1) is 11.3 Å². The predicted molar refractivity (Wildman–Crippen MR) is 43.8 cm³/mol. The lowest BCUT2D eigenvalue weighted by atomic mass is 9.54. The van der Waals surface area contributed by atoms with Crippen molar-refractivity contribution in [2.24, 2.45) is 11.3 Å². The second-order valence-corrected chi connectivity index (χ2v) is 3.67. The Morgan fingerprint density at radius 2 is 1.85 bits per heavy atom. The molecule has 5 N–H and O–H groups in total. The Hall–Kier alpha value is -0.200. The van der Waals surface area contributed by atoms with E-state index in [1.54, 1.807) is 0 Å². The van der Waals surface area contributed by atoms with E-state index in [1.165, 1.54) is 6.92 Å². The van der Waals surface area contributed by atoms with Crippen LogP contribution in [0.5, 0.6) is 0 Å². The number of aliphatic hydroxyl groups is 5. The first-order valence-corrected chi connectivity index (χ1v) is 4.28. The molecule has 0 spiro atoms. The zero-order valence-electron chi connectivity index (χ0n) is 7.46. The summed E-state index contributed by atoms with van der Waals surface area (Å²) in [5, 5.41) is 46.0. The van der Waals surface area contributed by atoms with Gasteiger partial charge in [0.15, 0.2) is 0 Å². The van der Waals surface area contributed by atoms with Gasteiger partial charge in [-0.1, -0.05) is 0 Å². The maximum atomic E-state index is 9.42. The molecule has 0 amide bonds. The van der Waals surface area contributed by atoms with Gasteiger partial charge >= 0.3 is 0 Å². The summed E-state index contributed by atoms with van der Waals surface area (Å²) in [4.78, 5) is 0. The van der Waals surface area contributed by atoms with Crippen LogP contribution in [0.15, 0.2) is 0 Å². The van der Waals surface area contributed by atoms with Crippen molar-refractivity contribution in [1.82, 2.24) is 0 Å². The van der Waals surface area contributed by atoms with Crippen LogP contribution in [0.4, 0.5) is 0 Å². The van der Waals surface area contributed by atoms with Crippen LogP contribution in [0.25, 0.3) is 0 Å². The van der Waals surface area contributed by atoms with Gasteiger partial charge in [-0.25, -0.2) is 0 Å². The molecule has 1 rings (SSSR count). The van der Waals surface area contributed by atoms with Gasteiger partial charge in [0, 0.05) is 12.5 Å². The maximum Gasteiger partial charge on any atom is 0.0910 e. The van der Waals surface area contributed by atoms with E-state index in [-0.39, 0.29) is 6.61 Å². The average molecular weight is 192 g/mol. The molecular formula is C8H16O5. The summed E-state index contributed by atoms with van der Waals surface area (Å²) in [6.45, 7) is 0.617. The van der Waals surface area contributed by atoms with Gasteiger partial charge in [-0.15, -0.1) is 0 Å². The lowest BCUT2D eigenvalue weighted by Crippen LogP contribution is -2.71. The van der Waals surface area contributed by atoms with Crippen molar-refractivity contribution in [2.75, 3.05) is 13.2 Å². The summed E-state index contributed by atoms with van der Waals surface area (Å²) in [7, 11) is 0. The molecule has 5 atom stereocenters. The molecular weight excluding hydrogens is 176 g/mol. The molecule has 1 saturated carbocycles. The van der Waals surface area contributed by atoms with Crippen LogP contribution in [0.2, 0.25) is 0 Å². The van der Waals surface area contributed by atoms with Gasteiger partial charge in [0.1, 0.15) is 0 Å². The fraction of sp³-hybridized carbons (Fsp3) is 1.00. The van der Waals surface area contributed by atoms with E-state index in [0.717, 1.165) is 0 Å². The van der Waals surface area contributed by atoms with E-state index in [9.17, 15) is 15.3 Å². The van der Waals surface area contributed by atoms with Crippen LogP contribution < -0.4 is 0 Å². The second kappa shape index (κ2) is 3.51. The van der Waals surface area contributed by atoms with Gasteiger partial charge in [-0.3, -0.25) is 0 Å². The van der Waals surface area contributed by atoms with Gasteiger partial charge in [-0.2, -0.15) is 0 Å². The van der Waals surface area contributed by atoms with Crippen molar-refractivity contribution in [3.05, 3.63) is 0 Å². The highest BCUT2D eigenvalue weighted by atomic mass is 16.4. The minimum absolute atomic E-state index is 0.357. The first kappa shape index (κ1) is 10.9. The van der Waals surface area contributed by atoms with Crippen LogP contribution >= 0.6 is 0 Å². The Labute approximate surface area is 76.3 Å². The Kier molecular flexibility index (Phi) is 2.94. The molecule has 5 nitrogen and oxygen atoms in total. The van der Waals surface area contributed by atoms with E-state index < -0.39 is 36.3 Å². The van der Waals surface area contributed by atoms with Gasteiger partial charge in [0.2, 0.25) is 0 Å². The zero-order chi connectivity index (χ0) is 10.2. The molecule has 0 aromatic heterocycles. The topological polar surface area (TPSA) is 101 Å². The van der Waals surface area contributed by atoms with Crippen molar-refractivity contribution >= 4 is 0 Å². The van der Waals surface area contributed by atoms with Gasteiger partial charge in [0.25, 0.3) is 0 Å². The normalized spacial score (nSPS) is 47.1. The number of hydrogen-bond donors (Lipinski definition) is 5. The fourth-order valence-electron chi connectivity index (χ4n) is 2.13. The molecule has 1 aliphatic carbocycles. The molecule has 0 aliphatic heterocycles. The third kappa shape index (κ3) is 1.19. The van der Waals surface area contributed by atoms with E-state index in [2.05, 4.69) is 0 Å². The minimum Gasteiger partial charge on any atom is -0.396 e. The molecule has 13 heavy (non-hydrogen) atoms. The molecule has 78 valence electrons. The van der Waals surface area contributed by atoms with Crippen LogP contribution in [0.3, 0.4) is 0 Å². The second-order valence-electron chi connectivity index (χ2n) is 3.67. The fourth-order valence-corrected chi connectivity index (χ4v) is 2.13. The van der Waals surface area contributed by atoms with Crippen LogP contribution in [0.1, 0.15) is 6.92 Å². The first-order valence-electron chi connectivity index (χ1n) is 4.28. The zero-order valence-corrected chi connectivity index (χ0v) is 7.46. The quantitative estimate of drug-likeness (QED) is 0.346. The molecule has 2 unspecified atom stereocenters. The van der Waals surface area contributed by atoms with Crippen molar-refractivity contribution < 1.29 is 25.5 Å². The van der Waals surface area contributed by atoms with Crippen LogP contribution in [-0.2, 0) is 0 Å². The van der Waals surface area contributed by atoms with Crippen LogP contribution in [-0.4, -0.2) is 57.1 Å². The summed E-state index contributed by atoms with van der Waals surface area (Å²) in [5.74, 6) is -0.660. The van der Waals surface area contributed by atoms with Gasteiger partial charge in [-0.05, 0) is 6.92 Å².